The van der Waals surface area contributed by atoms with Gasteiger partial charge in [-0.1, -0.05) is 19.3 Å². The molecule has 1 aromatic heterocycles. The molecule has 4 aliphatic rings. The van der Waals surface area contributed by atoms with Gasteiger partial charge in [-0.05, 0) is 25.7 Å². The molecule has 0 atom stereocenters. The Hall–Kier alpha value is -1.40. The molecular weight excluding hydrogens is 338 g/mol. The molecular formula is C21H33N5O. The molecule has 5 rings (SSSR count). The Morgan fingerprint density at radius 1 is 0.963 bits per heavy atom. The van der Waals surface area contributed by atoms with E-state index in [-0.39, 0.29) is 0 Å². The van der Waals surface area contributed by atoms with Crippen molar-refractivity contribution in [2.75, 3.05) is 39.3 Å². The maximum atomic E-state index is 12.9. The normalized spacial score (nSPS) is 25.6. The summed E-state index contributed by atoms with van der Waals surface area (Å²) in [5.74, 6) is 0.298. The van der Waals surface area contributed by atoms with Gasteiger partial charge in [0.1, 0.15) is 0 Å². The van der Waals surface area contributed by atoms with Crippen LogP contribution < -0.4 is 0 Å². The third-order valence-corrected chi connectivity index (χ3v) is 7.28. The van der Waals surface area contributed by atoms with Crippen LogP contribution in [0.4, 0.5) is 0 Å². The minimum atomic E-state index is 0.298. The Labute approximate surface area is 162 Å². The van der Waals surface area contributed by atoms with Crippen molar-refractivity contribution in [1.29, 1.82) is 0 Å². The summed E-state index contributed by atoms with van der Waals surface area (Å²) >= 11 is 0. The van der Waals surface area contributed by atoms with Crippen molar-refractivity contribution in [2.24, 2.45) is 0 Å². The zero-order valence-corrected chi connectivity index (χ0v) is 16.5. The van der Waals surface area contributed by atoms with Gasteiger partial charge < -0.3 is 4.90 Å². The van der Waals surface area contributed by atoms with Crippen molar-refractivity contribution in [3.8, 4) is 0 Å². The molecule has 3 fully saturated rings. The predicted octanol–water partition coefficient (Wildman–Crippen LogP) is 2.05. The standard InChI is InChI=1S/C21H33N5O/c27-21(16-23-10-12-24(13-11-23)18-6-3-7-18)25-9-8-20-17(14-25)15-26(22-20)19-4-1-2-5-19/h15,18-19H,1-14,16H2. The van der Waals surface area contributed by atoms with Crippen molar-refractivity contribution in [3.05, 3.63) is 17.5 Å². The highest BCUT2D eigenvalue weighted by atomic mass is 16.2. The van der Waals surface area contributed by atoms with Crippen LogP contribution in [0.25, 0.3) is 0 Å². The fourth-order valence-electron chi connectivity index (χ4n) is 5.23. The topological polar surface area (TPSA) is 44.6 Å². The molecule has 0 unspecified atom stereocenters. The van der Waals surface area contributed by atoms with E-state index < -0.39 is 0 Å². The zero-order chi connectivity index (χ0) is 18.2. The van der Waals surface area contributed by atoms with E-state index in [0.717, 1.165) is 51.7 Å². The molecule has 27 heavy (non-hydrogen) atoms. The molecule has 6 nitrogen and oxygen atoms in total. The maximum Gasteiger partial charge on any atom is 0.237 e. The fraction of sp³-hybridized carbons (Fsp3) is 0.810. The summed E-state index contributed by atoms with van der Waals surface area (Å²) in [4.78, 5) is 19.9. The van der Waals surface area contributed by atoms with Crippen LogP contribution in [0, 0.1) is 0 Å². The summed E-state index contributed by atoms with van der Waals surface area (Å²) in [5.41, 5.74) is 2.50. The smallest absolute Gasteiger partial charge is 0.237 e. The molecule has 2 aliphatic carbocycles. The zero-order valence-electron chi connectivity index (χ0n) is 16.5. The van der Waals surface area contributed by atoms with Gasteiger partial charge in [0, 0.05) is 63.5 Å². The van der Waals surface area contributed by atoms with Crippen molar-refractivity contribution in [1.82, 2.24) is 24.5 Å². The molecule has 0 spiro atoms. The second-order valence-corrected chi connectivity index (χ2v) is 8.98. The average Bonchev–Trinajstić information content (AvgIpc) is 3.30. The SMILES string of the molecule is O=C(CN1CCN(C2CCC2)CC1)N1CCc2nn(C3CCCC3)cc2C1. The summed E-state index contributed by atoms with van der Waals surface area (Å²) in [6.07, 6.45) is 12.5. The van der Waals surface area contributed by atoms with Gasteiger partial charge in [0.15, 0.2) is 0 Å². The maximum absolute atomic E-state index is 12.9. The van der Waals surface area contributed by atoms with E-state index >= 15 is 0 Å². The summed E-state index contributed by atoms with van der Waals surface area (Å²) < 4.78 is 2.20. The molecule has 1 aromatic rings. The van der Waals surface area contributed by atoms with E-state index in [2.05, 4.69) is 25.6 Å². The first-order valence-electron chi connectivity index (χ1n) is 11.1. The lowest BCUT2D eigenvalue weighted by Crippen LogP contribution is -2.54. The van der Waals surface area contributed by atoms with Crippen molar-refractivity contribution in [2.45, 2.75) is 70.0 Å². The minimum Gasteiger partial charge on any atom is -0.337 e. The van der Waals surface area contributed by atoms with E-state index in [4.69, 9.17) is 5.10 Å². The highest BCUT2D eigenvalue weighted by Gasteiger charge is 2.30. The molecule has 3 heterocycles. The highest BCUT2D eigenvalue weighted by Crippen LogP contribution is 2.30. The third-order valence-electron chi connectivity index (χ3n) is 7.28. The molecule has 0 bridgehead atoms. The van der Waals surface area contributed by atoms with E-state index in [1.54, 1.807) is 0 Å². The number of hydrogen-bond donors (Lipinski definition) is 0. The molecule has 2 saturated carbocycles. The Bertz CT molecular complexity index is 668. The van der Waals surface area contributed by atoms with Gasteiger partial charge >= 0.3 is 0 Å². The number of nitrogens with zero attached hydrogens (tertiary/aromatic N) is 5. The first kappa shape index (κ1) is 17.7. The van der Waals surface area contributed by atoms with Crippen LogP contribution in [0.1, 0.15) is 62.2 Å². The summed E-state index contributed by atoms with van der Waals surface area (Å²) in [6, 6.07) is 1.42. The second kappa shape index (κ2) is 7.55. The van der Waals surface area contributed by atoms with Crippen LogP contribution in [0.2, 0.25) is 0 Å². The lowest BCUT2D eigenvalue weighted by Gasteiger charge is -2.43. The van der Waals surface area contributed by atoms with Gasteiger partial charge in [0.2, 0.25) is 5.91 Å². The van der Waals surface area contributed by atoms with Crippen LogP contribution in [0.5, 0.6) is 0 Å². The molecule has 148 valence electrons. The Morgan fingerprint density at radius 2 is 1.70 bits per heavy atom. The average molecular weight is 372 g/mol. The van der Waals surface area contributed by atoms with E-state index in [1.165, 1.54) is 56.2 Å². The number of carbonyl (C=O) groups excluding carboxylic acids is 1. The molecule has 2 aliphatic heterocycles. The number of piperazine rings is 1. The first-order valence-corrected chi connectivity index (χ1v) is 11.1. The number of fused-ring (bicyclic) bond motifs is 1. The van der Waals surface area contributed by atoms with Gasteiger partial charge in [0.25, 0.3) is 0 Å². The molecule has 1 saturated heterocycles. The van der Waals surface area contributed by atoms with Gasteiger partial charge in [-0.3, -0.25) is 19.3 Å². The van der Waals surface area contributed by atoms with Crippen LogP contribution >= 0.6 is 0 Å². The molecule has 0 N–H and O–H groups in total. The number of rotatable bonds is 4. The molecule has 6 heteroatoms. The van der Waals surface area contributed by atoms with E-state index in [1.807, 2.05) is 0 Å². The van der Waals surface area contributed by atoms with Crippen molar-refractivity contribution >= 4 is 5.91 Å². The Morgan fingerprint density at radius 3 is 2.41 bits per heavy atom. The lowest BCUT2D eigenvalue weighted by atomic mass is 9.91. The number of aromatic nitrogens is 2. The monoisotopic (exact) mass is 371 g/mol. The van der Waals surface area contributed by atoms with Crippen LogP contribution in [0.3, 0.4) is 0 Å². The Kier molecular flexibility index (Phi) is 4.94. The predicted molar refractivity (Wildman–Crippen MR) is 105 cm³/mol. The highest BCUT2D eigenvalue weighted by molar-refractivity contribution is 5.78. The number of hydrogen-bond acceptors (Lipinski definition) is 4. The number of amides is 1. The van der Waals surface area contributed by atoms with Crippen LogP contribution in [0.15, 0.2) is 6.20 Å². The third kappa shape index (κ3) is 3.66. The number of carbonyl (C=O) groups is 1. The van der Waals surface area contributed by atoms with Gasteiger partial charge in [0.05, 0.1) is 18.3 Å². The largest absolute Gasteiger partial charge is 0.337 e. The first-order chi connectivity index (χ1) is 13.3. The Balaban J connectivity index is 1.14. The van der Waals surface area contributed by atoms with Crippen molar-refractivity contribution < 1.29 is 4.79 Å². The van der Waals surface area contributed by atoms with Crippen molar-refractivity contribution in [3.63, 3.8) is 0 Å². The summed E-state index contributed by atoms with van der Waals surface area (Å²) in [5, 5.41) is 4.84. The van der Waals surface area contributed by atoms with E-state index in [0.29, 0.717) is 18.5 Å². The summed E-state index contributed by atoms with van der Waals surface area (Å²) in [7, 11) is 0. The van der Waals surface area contributed by atoms with Gasteiger partial charge in [-0.25, -0.2) is 0 Å². The quantitative estimate of drug-likeness (QED) is 0.813. The molecule has 0 aromatic carbocycles. The minimum absolute atomic E-state index is 0.298. The fourth-order valence-corrected chi connectivity index (χ4v) is 5.23. The lowest BCUT2D eigenvalue weighted by molar-refractivity contribution is -0.134. The van der Waals surface area contributed by atoms with Gasteiger partial charge in [-0.2, -0.15) is 5.10 Å². The van der Waals surface area contributed by atoms with Crippen LogP contribution in [-0.4, -0.2) is 75.7 Å². The second-order valence-electron chi connectivity index (χ2n) is 8.98. The van der Waals surface area contributed by atoms with E-state index in [9.17, 15) is 4.79 Å². The van der Waals surface area contributed by atoms with Crippen LogP contribution in [-0.2, 0) is 17.8 Å². The molecule has 0 radical (unpaired) electrons. The summed E-state index contributed by atoms with van der Waals surface area (Å²) in [6.45, 7) is 6.53. The molecule has 1 amide bonds. The van der Waals surface area contributed by atoms with Gasteiger partial charge in [-0.15, -0.1) is 0 Å².